The van der Waals surface area contributed by atoms with Crippen LogP contribution in [0.2, 0.25) is 0 Å². The van der Waals surface area contributed by atoms with E-state index >= 15 is 0 Å². The van der Waals surface area contributed by atoms with Gasteiger partial charge in [-0.3, -0.25) is 9.59 Å². The van der Waals surface area contributed by atoms with Crippen molar-refractivity contribution in [3.63, 3.8) is 0 Å². The Bertz CT molecular complexity index is 1500. The van der Waals surface area contributed by atoms with E-state index in [4.69, 9.17) is 9.47 Å². The minimum Gasteiger partial charge on any atom is -0.462 e. The van der Waals surface area contributed by atoms with Gasteiger partial charge in [-0.1, -0.05) is 336 Å². The number of hydrogen-bond acceptors (Lipinski definition) is 5. The third-order valence-electron chi connectivity index (χ3n) is 15.4. The Kier molecular flexibility index (Phi) is 67.3. The maximum Gasteiger partial charge on any atom is 0.306 e. The van der Waals surface area contributed by atoms with Crippen molar-refractivity contribution in [3.8, 4) is 0 Å². The zero-order valence-electron chi connectivity index (χ0n) is 53.1. The highest BCUT2D eigenvalue weighted by Gasteiger charge is 2.16. The average Bonchev–Trinajstić information content (AvgIpc) is 3.46. The lowest BCUT2D eigenvalue weighted by Gasteiger charge is -2.15. The van der Waals surface area contributed by atoms with Gasteiger partial charge in [-0.25, -0.2) is 0 Å². The van der Waals surface area contributed by atoms with E-state index in [0.29, 0.717) is 12.8 Å². The molecule has 0 aromatic heterocycles. The molecule has 462 valence electrons. The Labute approximate surface area is 498 Å². The highest BCUT2D eigenvalue weighted by Crippen LogP contribution is 2.18. The first-order chi connectivity index (χ1) is 39.6. The molecule has 1 unspecified atom stereocenters. The van der Waals surface area contributed by atoms with Gasteiger partial charge in [0.15, 0.2) is 6.10 Å². The van der Waals surface area contributed by atoms with Crippen LogP contribution < -0.4 is 0 Å². The molecular formula is C75H132O5. The van der Waals surface area contributed by atoms with E-state index in [2.05, 4.69) is 111 Å². The largest absolute Gasteiger partial charge is 0.462 e. The van der Waals surface area contributed by atoms with Crippen LogP contribution in [0.25, 0.3) is 0 Å². The number of rotatable bonds is 64. The molecule has 0 aromatic rings. The number of hydrogen-bond donors (Lipinski definition) is 1. The average molecular weight is 1110 g/mol. The summed E-state index contributed by atoms with van der Waals surface area (Å²) in [5.41, 5.74) is 0. The van der Waals surface area contributed by atoms with E-state index in [1.165, 1.54) is 231 Å². The van der Waals surface area contributed by atoms with Gasteiger partial charge < -0.3 is 14.6 Å². The van der Waals surface area contributed by atoms with Crippen LogP contribution in [0.15, 0.2) is 97.2 Å². The van der Waals surface area contributed by atoms with Gasteiger partial charge in [0.2, 0.25) is 0 Å². The molecule has 0 aliphatic carbocycles. The summed E-state index contributed by atoms with van der Waals surface area (Å²) < 4.78 is 10.7. The Hall–Kier alpha value is -3.18. The molecule has 0 radical (unpaired) electrons. The monoisotopic (exact) mass is 1110 g/mol. The van der Waals surface area contributed by atoms with E-state index in [-0.39, 0.29) is 25.2 Å². The van der Waals surface area contributed by atoms with Crippen molar-refractivity contribution in [1.29, 1.82) is 0 Å². The molecular weight excluding hydrogens is 981 g/mol. The molecule has 1 N–H and O–H groups in total. The van der Waals surface area contributed by atoms with Crippen molar-refractivity contribution in [2.45, 2.75) is 354 Å². The van der Waals surface area contributed by atoms with Gasteiger partial charge in [-0.15, -0.1) is 0 Å². The van der Waals surface area contributed by atoms with E-state index < -0.39 is 6.10 Å². The van der Waals surface area contributed by atoms with Crippen molar-refractivity contribution in [2.24, 2.45) is 0 Å². The van der Waals surface area contributed by atoms with Crippen LogP contribution in [0.4, 0.5) is 0 Å². The van der Waals surface area contributed by atoms with E-state index in [1.807, 2.05) is 0 Å². The summed E-state index contributed by atoms with van der Waals surface area (Å²) in [4.78, 5) is 24.6. The number of esters is 2. The van der Waals surface area contributed by atoms with Crippen LogP contribution in [-0.2, 0) is 19.1 Å². The van der Waals surface area contributed by atoms with Gasteiger partial charge in [-0.05, 0) is 96.3 Å². The Morgan fingerprint density at radius 3 is 0.838 bits per heavy atom. The predicted molar refractivity (Wildman–Crippen MR) is 352 cm³/mol. The molecule has 0 fully saturated rings. The zero-order valence-corrected chi connectivity index (χ0v) is 53.1. The molecule has 0 rings (SSSR count). The first kappa shape index (κ1) is 76.8. The van der Waals surface area contributed by atoms with Crippen LogP contribution in [0.5, 0.6) is 0 Å². The molecule has 5 nitrogen and oxygen atoms in total. The van der Waals surface area contributed by atoms with Gasteiger partial charge >= 0.3 is 11.9 Å². The summed E-state index contributed by atoms with van der Waals surface area (Å²) in [7, 11) is 0. The second-order valence-electron chi connectivity index (χ2n) is 23.2. The minimum absolute atomic E-state index is 0.0818. The third-order valence-corrected chi connectivity index (χ3v) is 15.4. The van der Waals surface area contributed by atoms with Crippen LogP contribution in [-0.4, -0.2) is 36.4 Å². The van der Waals surface area contributed by atoms with Gasteiger partial charge in [0.1, 0.15) is 6.61 Å². The lowest BCUT2D eigenvalue weighted by molar-refractivity contribution is -0.161. The maximum absolute atomic E-state index is 12.3. The molecule has 0 heterocycles. The Morgan fingerprint density at radius 2 is 0.537 bits per heavy atom. The Balaban J connectivity index is 3.44. The number of carbonyl (C=O) groups excluding carboxylic acids is 2. The zero-order chi connectivity index (χ0) is 57.6. The number of aliphatic hydroxyl groups excluding tert-OH is 1. The Morgan fingerprint density at radius 1 is 0.300 bits per heavy atom. The highest BCUT2D eigenvalue weighted by atomic mass is 16.6. The van der Waals surface area contributed by atoms with E-state index in [0.717, 1.165) is 89.9 Å². The lowest BCUT2D eigenvalue weighted by atomic mass is 10.0. The van der Waals surface area contributed by atoms with Gasteiger partial charge in [-0.2, -0.15) is 0 Å². The summed E-state index contributed by atoms with van der Waals surface area (Å²) in [5.74, 6) is -0.621. The highest BCUT2D eigenvalue weighted by molar-refractivity contribution is 5.70. The summed E-state index contributed by atoms with van der Waals surface area (Å²) in [5, 5.41) is 9.68. The quantitative estimate of drug-likeness (QED) is 0.0373. The smallest absolute Gasteiger partial charge is 0.306 e. The first-order valence-corrected chi connectivity index (χ1v) is 34.8. The molecule has 0 saturated carbocycles. The van der Waals surface area contributed by atoms with Crippen LogP contribution in [0, 0.1) is 0 Å². The topological polar surface area (TPSA) is 72.8 Å². The van der Waals surface area contributed by atoms with Crippen molar-refractivity contribution in [1.82, 2.24) is 0 Å². The fraction of sp³-hybridized carbons (Fsp3) is 0.760. The molecule has 5 heteroatoms. The predicted octanol–water partition coefficient (Wildman–Crippen LogP) is 24.2. The summed E-state index contributed by atoms with van der Waals surface area (Å²) in [6, 6.07) is 0. The number of allylic oxidation sites excluding steroid dienone is 16. The molecule has 0 aromatic carbocycles. The molecule has 0 aliphatic rings. The minimum atomic E-state index is -0.796. The molecule has 1 atom stereocenters. The number of unbranched alkanes of at least 4 members (excludes halogenated alkanes) is 40. The fourth-order valence-corrected chi connectivity index (χ4v) is 10.2. The van der Waals surface area contributed by atoms with Crippen molar-refractivity contribution in [2.75, 3.05) is 13.2 Å². The van der Waals surface area contributed by atoms with Crippen molar-refractivity contribution >= 4 is 11.9 Å². The van der Waals surface area contributed by atoms with Gasteiger partial charge in [0, 0.05) is 12.8 Å². The van der Waals surface area contributed by atoms with Crippen LogP contribution in [0.1, 0.15) is 348 Å². The lowest BCUT2D eigenvalue weighted by Crippen LogP contribution is -2.28. The standard InChI is InChI=1S/C75H132O5/c1-3-5-7-9-11-13-15-17-19-21-23-25-27-29-30-31-32-33-34-35-36-37-38-39-40-41-42-43-44-46-47-49-51-53-55-57-59-61-63-65-67-69-74(77)79-72-73(71-76)80-75(78)70-68-66-64-62-60-58-56-54-52-50-48-45-28-26-24-22-20-18-16-14-12-10-8-6-4-2/h6,8,12,14,18,20-21,23-24,26,45,48,52,54,58,60,73,76H,3-5,7,9-11,13,15-17,19,22,25,27-44,46-47,49-51,53,55-57,59,61-72H2,1-2H3/b8-6-,14-12-,20-18-,23-21-,26-24-,48-45-,54-52-,60-58-. The molecule has 0 spiro atoms. The normalized spacial score (nSPS) is 12.8. The molecule has 80 heavy (non-hydrogen) atoms. The molecule has 0 bridgehead atoms. The van der Waals surface area contributed by atoms with Crippen LogP contribution in [0.3, 0.4) is 0 Å². The maximum atomic E-state index is 12.3. The van der Waals surface area contributed by atoms with Crippen molar-refractivity contribution < 1.29 is 24.2 Å². The molecule has 0 saturated heterocycles. The summed E-state index contributed by atoms with van der Waals surface area (Å²) >= 11 is 0. The number of carbonyl (C=O) groups is 2. The summed E-state index contributed by atoms with van der Waals surface area (Å²) in [6.07, 6.45) is 100. The number of ether oxygens (including phenoxy) is 2. The van der Waals surface area contributed by atoms with Gasteiger partial charge in [0.25, 0.3) is 0 Å². The third kappa shape index (κ3) is 67.3. The molecule has 0 amide bonds. The summed E-state index contributed by atoms with van der Waals surface area (Å²) in [6.45, 7) is 4.03. The van der Waals surface area contributed by atoms with E-state index in [9.17, 15) is 14.7 Å². The van der Waals surface area contributed by atoms with E-state index in [1.54, 1.807) is 0 Å². The second kappa shape index (κ2) is 70.1. The first-order valence-electron chi connectivity index (χ1n) is 34.8. The second-order valence-corrected chi connectivity index (χ2v) is 23.2. The SMILES string of the molecule is CC/C=C\C/C=C\C/C=C\C/C=C\C/C=C\C/C=C\C/C=C\CCCCCC(=O)OC(CO)COC(=O)CCCCCCCCCCCCCCCCCCCCCCCCCCCCCCC/C=C\CCCCCCCCCC. The van der Waals surface area contributed by atoms with Gasteiger partial charge in [0.05, 0.1) is 6.61 Å². The number of aliphatic hydroxyl groups is 1. The van der Waals surface area contributed by atoms with Crippen molar-refractivity contribution in [3.05, 3.63) is 97.2 Å². The van der Waals surface area contributed by atoms with Crippen LogP contribution >= 0.6 is 0 Å². The molecule has 0 aliphatic heterocycles. The fourth-order valence-electron chi connectivity index (χ4n) is 10.2.